The predicted molar refractivity (Wildman–Crippen MR) is 76.3 cm³/mol. The smallest absolute Gasteiger partial charge is 0.162 e. The molecule has 0 aliphatic carbocycles. The average molecular weight is 257 g/mol. The molecule has 1 aromatic heterocycles. The molecule has 0 saturated carbocycles. The first kappa shape index (κ1) is 13.3. The number of ketones is 1. The van der Waals surface area contributed by atoms with Crippen LogP contribution in [-0.2, 0) is 0 Å². The fourth-order valence-electron chi connectivity index (χ4n) is 1.96. The van der Waals surface area contributed by atoms with Crippen LogP contribution >= 0.6 is 0 Å². The van der Waals surface area contributed by atoms with Crippen LogP contribution in [-0.4, -0.2) is 15.8 Å². The maximum Gasteiger partial charge on any atom is 0.162 e. The Hall–Kier alpha value is -2.10. The lowest BCUT2D eigenvalue weighted by atomic mass is 10.1. The number of anilines is 1. The summed E-state index contributed by atoms with van der Waals surface area (Å²) in [7, 11) is 0. The summed E-state index contributed by atoms with van der Waals surface area (Å²) in [5.74, 6) is 1.10. The number of nitrogens with zero attached hydrogens (tertiary/aromatic N) is 1. The summed E-state index contributed by atoms with van der Waals surface area (Å²) in [5.41, 5.74) is 1.76. The van der Waals surface area contributed by atoms with Gasteiger partial charge in [-0.1, -0.05) is 6.92 Å². The SMILES string of the molecule is CCCC(=O)c1ccc(NC(C)c2ncc[nH]2)cc1. The van der Waals surface area contributed by atoms with Gasteiger partial charge in [-0.3, -0.25) is 4.79 Å². The van der Waals surface area contributed by atoms with Crippen molar-refractivity contribution in [2.75, 3.05) is 5.32 Å². The van der Waals surface area contributed by atoms with Crippen molar-refractivity contribution in [1.29, 1.82) is 0 Å². The van der Waals surface area contributed by atoms with Crippen molar-refractivity contribution in [3.63, 3.8) is 0 Å². The molecule has 1 aromatic carbocycles. The molecule has 0 amide bonds. The van der Waals surface area contributed by atoms with E-state index in [1.54, 1.807) is 12.4 Å². The molecular formula is C15H19N3O. The van der Waals surface area contributed by atoms with E-state index in [1.807, 2.05) is 38.1 Å². The van der Waals surface area contributed by atoms with Crippen LogP contribution in [0.5, 0.6) is 0 Å². The topological polar surface area (TPSA) is 57.8 Å². The van der Waals surface area contributed by atoms with Gasteiger partial charge in [0.2, 0.25) is 0 Å². The van der Waals surface area contributed by atoms with Gasteiger partial charge in [-0.15, -0.1) is 0 Å². The fourth-order valence-corrected chi connectivity index (χ4v) is 1.96. The normalized spacial score (nSPS) is 12.1. The van der Waals surface area contributed by atoms with Gasteiger partial charge in [0.1, 0.15) is 5.82 Å². The molecule has 0 saturated heterocycles. The van der Waals surface area contributed by atoms with E-state index in [9.17, 15) is 4.79 Å². The van der Waals surface area contributed by atoms with Crippen LogP contribution < -0.4 is 5.32 Å². The van der Waals surface area contributed by atoms with Crippen LogP contribution in [0.1, 0.15) is 48.9 Å². The predicted octanol–water partition coefficient (Wildman–Crippen LogP) is 3.57. The van der Waals surface area contributed by atoms with E-state index in [0.29, 0.717) is 6.42 Å². The molecule has 1 unspecified atom stereocenters. The van der Waals surface area contributed by atoms with Gasteiger partial charge >= 0.3 is 0 Å². The van der Waals surface area contributed by atoms with E-state index in [4.69, 9.17) is 0 Å². The number of hydrogen-bond donors (Lipinski definition) is 2. The van der Waals surface area contributed by atoms with Crippen LogP contribution in [0.2, 0.25) is 0 Å². The Morgan fingerprint density at radius 1 is 1.37 bits per heavy atom. The number of Topliss-reactive ketones (excluding diaryl/α,β-unsaturated/α-hetero) is 1. The average Bonchev–Trinajstić information content (AvgIpc) is 2.94. The highest BCUT2D eigenvalue weighted by atomic mass is 16.1. The molecule has 2 rings (SSSR count). The first-order valence-electron chi connectivity index (χ1n) is 6.59. The summed E-state index contributed by atoms with van der Waals surface area (Å²) in [6.07, 6.45) is 5.03. The molecule has 4 nitrogen and oxygen atoms in total. The number of H-pyrrole nitrogens is 1. The van der Waals surface area contributed by atoms with Crippen molar-refractivity contribution in [3.05, 3.63) is 48.0 Å². The molecule has 19 heavy (non-hydrogen) atoms. The Kier molecular flexibility index (Phi) is 4.34. The molecule has 2 N–H and O–H groups in total. The van der Waals surface area contributed by atoms with E-state index in [0.717, 1.165) is 23.5 Å². The molecule has 2 aromatic rings. The molecule has 100 valence electrons. The van der Waals surface area contributed by atoms with Gasteiger partial charge in [0, 0.05) is 30.1 Å². The van der Waals surface area contributed by atoms with Gasteiger partial charge in [-0.2, -0.15) is 0 Å². The van der Waals surface area contributed by atoms with Crippen molar-refractivity contribution in [1.82, 2.24) is 9.97 Å². The molecule has 0 radical (unpaired) electrons. The number of benzene rings is 1. The molecule has 0 spiro atoms. The van der Waals surface area contributed by atoms with E-state index in [2.05, 4.69) is 15.3 Å². The number of carbonyl (C=O) groups is 1. The zero-order valence-electron chi connectivity index (χ0n) is 11.3. The lowest BCUT2D eigenvalue weighted by Gasteiger charge is -2.13. The summed E-state index contributed by atoms with van der Waals surface area (Å²) in [4.78, 5) is 19.0. The third-order valence-corrected chi connectivity index (χ3v) is 3.00. The molecule has 0 aliphatic heterocycles. The molecule has 0 aliphatic rings. The van der Waals surface area contributed by atoms with Crippen molar-refractivity contribution < 1.29 is 4.79 Å². The van der Waals surface area contributed by atoms with Gasteiger partial charge in [0.25, 0.3) is 0 Å². The van der Waals surface area contributed by atoms with Crippen LogP contribution in [0.25, 0.3) is 0 Å². The van der Waals surface area contributed by atoms with E-state index in [-0.39, 0.29) is 11.8 Å². The van der Waals surface area contributed by atoms with Crippen molar-refractivity contribution in [2.45, 2.75) is 32.7 Å². The van der Waals surface area contributed by atoms with Gasteiger partial charge in [0.15, 0.2) is 5.78 Å². The van der Waals surface area contributed by atoms with E-state index < -0.39 is 0 Å². The number of imidazole rings is 1. The third-order valence-electron chi connectivity index (χ3n) is 3.00. The lowest BCUT2D eigenvalue weighted by Crippen LogP contribution is -2.08. The number of hydrogen-bond acceptors (Lipinski definition) is 3. The zero-order chi connectivity index (χ0) is 13.7. The number of rotatable bonds is 6. The number of carbonyl (C=O) groups excluding carboxylic acids is 1. The van der Waals surface area contributed by atoms with Crippen molar-refractivity contribution in [3.8, 4) is 0 Å². The van der Waals surface area contributed by atoms with Gasteiger partial charge in [-0.25, -0.2) is 4.98 Å². The largest absolute Gasteiger partial charge is 0.375 e. The van der Waals surface area contributed by atoms with Gasteiger partial charge < -0.3 is 10.3 Å². The van der Waals surface area contributed by atoms with Crippen LogP contribution in [0.15, 0.2) is 36.7 Å². The first-order chi connectivity index (χ1) is 9.20. The Labute approximate surface area is 113 Å². The van der Waals surface area contributed by atoms with Crippen molar-refractivity contribution in [2.24, 2.45) is 0 Å². The standard InChI is InChI=1S/C15H19N3O/c1-3-4-14(19)12-5-7-13(8-6-12)18-11(2)15-16-9-10-17-15/h5-11,18H,3-4H2,1-2H3,(H,16,17). The molecule has 0 fully saturated rings. The molecule has 0 bridgehead atoms. The molecule has 1 heterocycles. The highest BCUT2D eigenvalue weighted by Crippen LogP contribution is 2.17. The van der Waals surface area contributed by atoms with Crippen LogP contribution in [0.4, 0.5) is 5.69 Å². The molecule has 1 atom stereocenters. The maximum absolute atomic E-state index is 11.7. The van der Waals surface area contributed by atoms with Gasteiger partial charge in [0.05, 0.1) is 6.04 Å². The third kappa shape index (κ3) is 3.44. The minimum Gasteiger partial charge on any atom is -0.375 e. The fraction of sp³-hybridized carbons (Fsp3) is 0.333. The molecular weight excluding hydrogens is 238 g/mol. The number of nitrogens with one attached hydrogen (secondary N) is 2. The van der Waals surface area contributed by atoms with Gasteiger partial charge in [-0.05, 0) is 37.6 Å². The summed E-state index contributed by atoms with van der Waals surface area (Å²) < 4.78 is 0. The summed E-state index contributed by atoms with van der Waals surface area (Å²) in [5, 5.41) is 3.34. The Morgan fingerprint density at radius 3 is 2.68 bits per heavy atom. The summed E-state index contributed by atoms with van der Waals surface area (Å²) in [6.45, 7) is 4.05. The van der Waals surface area contributed by atoms with E-state index >= 15 is 0 Å². The second-order valence-corrected chi connectivity index (χ2v) is 4.59. The quantitative estimate of drug-likeness (QED) is 0.778. The summed E-state index contributed by atoms with van der Waals surface area (Å²) >= 11 is 0. The maximum atomic E-state index is 11.7. The minimum atomic E-state index is 0.104. The minimum absolute atomic E-state index is 0.104. The van der Waals surface area contributed by atoms with E-state index in [1.165, 1.54) is 0 Å². The van der Waals surface area contributed by atoms with Crippen molar-refractivity contribution >= 4 is 11.5 Å². The highest BCUT2D eigenvalue weighted by Gasteiger charge is 2.08. The first-order valence-corrected chi connectivity index (χ1v) is 6.59. The Bertz CT molecular complexity index is 517. The second kappa shape index (κ2) is 6.18. The monoisotopic (exact) mass is 257 g/mol. The Morgan fingerprint density at radius 2 is 2.11 bits per heavy atom. The zero-order valence-corrected chi connectivity index (χ0v) is 11.3. The lowest BCUT2D eigenvalue weighted by molar-refractivity contribution is 0.0982. The summed E-state index contributed by atoms with van der Waals surface area (Å²) in [6, 6.07) is 7.71. The van der Waals surface area contributed by atoms with Crippen LogP contribution in [0.3, 0.4) is 0 Å². The highest BCUT2D eigenvalue weighted by molar-refractivity contribution is 5.96. The Balaban J connectivity index is 2.01. The number of aromatic nitrogens is 2. The second-order valence-electron chi connectivity index (χ2n) is 4.59. The van der Waals surface area contributed by atoms with Crippen LogP contribution in [0, 0.1) is 0 Å². The molecule has 4 heteroatoms. The number of aromatic amines is 1.